The van der Waals surface area contributed by atoms with E-state index in [-0.39, 0.29) is 10.6 Å². The van der Waals surface area contributed by atoms with Crippen LogP contribution in [0.15, 0.2) is 29.3 Å². The average Bonchev–Trinajstić information content (AvgIpc) is 2.51. The lowest BCUT2D eigenvalue weighted by atomic mass is 10.2. The highest BCUT2D eigenvalue weighted by atomic mass is 35.5. The van der Waals surface area contributed by atoms with Crippen molar-refractivity contribution in [1.82, 2.24) is 20.3 Å². The van der Waals surface area contributed by atoms with Crippen LogP contribution >= 0.6 is 11.6 Å². The van der Waals surface area contributed by atoms with Crippen LogP contribution in [-0.2, 0) is 0 Å². The molecule has 104 valence electrons. The summed E-state index contributed by atoms with van der Waals surface area (Å²) in [5.41, 5.74) is 0.493. The fourth-order valence-electron chi connectivity index (χ4n) is 2.18. The van der Waals surface area contributed by atoms with E-state index in [0.29, 0.717) is 11.6 Å². The molecule has 2 aromatic rings. The summed E-state index contributed by atoms with van der Waals surface area (Å²) >= 11 is 6.11. The van der Waals surface area contributed by atoms with E-state index in [0.717, 1.165) is 31.7 Å². The van der Waals surface area contributed by atoms with E-state index in [2.05, 4.69) is 20.3 Å². The molecule has 0 atom stereocenters. The zero-order valence-corrected chi connectivity index (χ0v) is 11.5. The number of pyridine rings is 1. The molecule has 1 saturated heterocycles. The Labute approximate surface area is 120 Å². The molecule has 0 spiro atoms. The van der Waals surface area contributed by atoms with Crippen molar-refractivity contribution in [1.29, 1.82) is 0 Å². The van der Waals surface area contributed by atoms with Gasteiger partial charge in [-0.1, -0.05) is 11.6 Å². The summed E-state index contributed by atoms with van der Waals surface area (Å²) in [5.74, 6) is 1.05. The molecule has 20 heavy (non-hydrogen) atoms. The van der Waals surface area contributed by atoms with Crippen molar-refractivity contribution in [2.75, 3.05) is 31.1 Å². The summed E-state index contributed by atoms with van der Waals surface area (Å²) in [6.07, 6.45) is 3.32. The minimum Gasteiger partial charge on any atom is -0.353 e. The maximum Gasteiger partial charge on any atom is 0.272 e. The van der Waals surface area contributed by atoms with Gasteiger partial charge in [-0.3, -0.25) is 9.78 Å². The van der Waals surface area contributed by atoms with Crippen LogP contribution in [-0.4, -0.2) is 41.1 Å². The van der Waals surface area contributed by atoms with Gasteiger partial charge in [-0.05, 0) is 12.1 Å². The van der Waals surface area contributed by atoms with E-state index in [1.807, 2.05) is 4.90 Å². The molecule has 0 aromatic carbocycles. The topological polar surface area (TPSA) is 73.9 Å². The number of anilines is 1. The minimum atomic E-state index is -0.318. The van der Waals surface area contributed by atoms with Crippen LogP contribution in [0.25, 0.3) is 11.4 Å². The van der Waals surface area contributed by atoms with E-state index in [1.54, 1.807) is 24.5 Å². The van der Waals surface area contributed by atoms with Crippen LogP contribution < -0.4 is 15.8 Å². The van der Waals surface area contributed by atoms with Gasteiger partial charge < -0.3 is 15.2 Å². The SMILES string of the molecule is O=c1[nH]c(-c2ccncc2)nc(N2CCNCC2)c1Cl. The molecule has 1 fully saturated rings. The first kappa shape index (κ1) is 13.1. The maximum atomic E-state index is 12.0. The number of aromatic nitrogens is 3. The van der Waals surface area contributed by atoms with Crippen molar-refractivity contribution in [3.63, 3.8) is 0 Å². The first-order valence-electron chi connectivity index (χ1n) is 6.41. The molecule has 0 amide bonds. The van der Waals surface area contributed by atoms with Crippen LogP contribution in [0.5, 0.6) is 0 Å². The Balaban J connectivity index is 2.06. The number of hydrogen-bond donors (Lipinski definition) is 2. The summed E-state index contributed by atoms with van der Waals surface area (Å²) in [6.45, 7) is 3.28. The first-order chi connectivity index (χ1) is 9.75. The summed E-state index contributed by atoms with van der Waals surface area (Å²) in [4.78, 5) is 25.2. The molecule has 0 radical (unpaired) electrons. The van der Waals surface area contributed by atoms with Gasteiger partial charge in [-0.2, -0.15) is 0 Å². The Morgan fingerprint density at radius 3 is 2.60 bits per heavy atom. The molecule has 6 nitrogen and oxygen atoms in total. The second kappa shape index (κ2) is 5.60. The molecule has 0 unspecified atom stereocenters. The number of nitrogens with zero attached hydrogens (tertiary/aromatic N) is 3. The van der Waals surface area contributed by atoms with Crippen LogP contribution in [0.1, 0.15) is 0 Å². The standard InChI is InChI=1S/C13H14ClN5O/c14-10-12(19-7-5-16-6-8-19)17-11(18-13(10)20)9-1-3-15-4-2-9/h1-4,16H,5-8H2,(H,17,18,20). The molecular formula is C13H14ClN5O. The van der Waals surface area contributed by atoms with Crippen LogP contribution in [0.2, 0.25) is 5.02 Å². The van der Waals surface area contributed by atoms with E-state index in [9.17, 15) is 4.79 Å². The summed E-state index contributed by atoms with van der Waals surface area (Å²) in [7, 11) is 0. The quantitative estimate of drug-likeness (QED) is 0.860. The molecule has 0 saturated carbocycles. The van der Waals surface area contributed by atoms with Gasteiger partial charge in [0.15, 0.2) is 5.82 Å². The molecule has 2 N–H and O–H groups in total. The molecule has 0 bridgehead atoms. The third kappa shape index (κ3) is 2.52. The number of aromatic amines is 1. The zero-order chi connectivity index (χ0) is 13.9. The second-order valence-corrected chi connectivity index (χ2v) is 4.90. The number of rotatable bonds is 2. The fraction of sp³-hybridized carbons (Fsp3) is 0.308. The molecule has 0 aliphatic carbocycles. The number of nitrogens with one attached hydrogen (secondary N) is 2. The summed E-state index contributed by atoms with van der Waals surface area (Å²) in [6, 6.07) is 3.60. The molecule has 1 aliphatic rings. The monoisotopic (exact) mass is 291 g/mol. The maximum absolute atomic E-state index is 12.0. The average molecular weight is 292 g/mol. The van der Waals surface area contributed by atoms with Crippen molar-refractivity contribution >= 4 is 17.4 Å². The normalized spacial score (nSPS) is 15.3. The number of halogens is 1. The van der Waals surface area contributed by atoms with Gasteiger partial charge in [-0.25, -0.2) is 4.98 Å². The third-order valence-corrected chi connectivity index (χ3v) is 3.56. The molecule has 2 aromatic heterocycles. The highest BCUT2D eigenvalue weighted by Crippen LogP contribution is 2.23. The predicted molar refractivity (Wildman–Crippen MR) is 78.2 cm³/mol. The molecule has 1 aliphatic heterocycles. The Bertz CT molecular complexity index is 652. The molecule has 3 rings (SSSR count). The Kier molecular flexibility index (Phi) is 3.66. The van der Waals surface area contributed by atoms with Gasteiger partial charge in [0, 0.05) is 44.1 Å². The van der Waals surface area contributed by atoms with Crippen molar-refractivity contribution < 1.29 is 0 Å². The third-order valence-electron chi connectivity index (χ3n) is 3.22. The van der Waals surface area contributed by atoms with E-state index in [4.69, 9.17) is 11.6 Å². The van der Waals surface area contributed by atoms with Gasteiger partial charge in [0.2, 0.25) is 0 Å². The van der Waals surface area contributed by atoms with Crippen LogP contribution in [0.4, 0.5) is 5.82 Å². The summed E-state index contributed by atoms with van der Waals surface area (Å²) < 4.78 is 0. The van der Waals surface area contributed by atoms with Crippen molar-refractivity contribution in [2.45, 2.75) is 0 Å². The van der Waals surface area contributed by atoms with Gasteiger partial charge in [0.1, 0.15) is 10.8 Å². The number of piperazine rings is 1. The lowest BCUT2D eigenvalue weighted by Gasteiger charge is -2.29. The predicted octanol–water partition coefficient (Wildman–Crippen LogP) is 0.895. The Hall–Kier alpha value is -1.92. The Morgan fingerprint density at radius 1 is 1.20 bits per heavy atom. The number of hydrogen-bond acceptors (Lipinski definition) is 5. The zero-order valence-electron chi connectivity index (χ0n) is 10.8. The molecule has 7 heteroatoms. The number of H-pyrrole nitrogens is 1. The van der Waals surface area contributed by atoms with Gasteiger partial charge in [-0.15, -0.1) is 0 Å². The molecular weight excluding hydrogens is 278 g/mol. The van der Waals surface area contributed by atoms with E-state index in [1.165, 1.54) is 0 Å². The van der Waals surface area contributed by atoms with Crippen LogP contribution in [0, 0.1) is 0 Å². The molecule has 3 heterocycles. The summed E-state index contributed by atoms with van der Waals surface area (Å²) in [5, 5.41) is 3.40. The van der Waals surface area contributed by atoms with Gasteiger partial charge in [0.25, 0.3) is 5.56 Å². The first-order valence-corrected chi connectivity index (χ1v) is 6.79. The van der Waals surface area contributed by atoms with Crippen molar-refractivity contribution in [2.24, 2.45) is 0 Å². The lowest BCUT2D eigenvalue weighted by molar-refractivity contribution is 0.584. The fourth-order valence-corrected chi connectivity index (χ4v) is 2.39. The highest BCUT2D eigenvalue weighted by molar-refractivity contribution is 6.32. The van der Waals surface area contributed by atoms with Crippen molar-refractivity contribution in [3.8, 4) is 11.4 Å². The minimum absolute atomic E-state index is 0.143. The smallest absolute Gasteiger partial charge is 0.272 e. The van der Waals surface area contributed by atoms with E-state index < -0.39 is 0 Å². The van der Waals surface area contributed by atoms with Crippen molar-refractivity contribution in [3.05, 3.63) is 39.9 Å². The Morgan fingerprint density at radius 2 is 1.90 bits per heavy atom. The highest BCUT2D eigenvalue weighted by Gasteiger charge is 2.18. The van der Waals surface area contributed by atoms with E-state index >= 15 is 0 Å². The lowest BCUT2D eigenvalue weighted by Crippen LogP contribution is -2.44. The second-order valence-electron chi connectivity index (χ2n) is 4.53. The van der Waals surface area contributed by atoms with Crippen LogP contribution in [0.3, 0.4) is 0 Å². The van der Waals surface area contributed by atoms with Gasteiger partial charge >= 0.3 is 0 Å². The largest absolute Gasteiger partial charge is 0.353 e. The van der Waals surface area contributed by atoms with Gasteiger partial charge in [0.05, 0.1) is 0 Å².